The lowest BCUT2D eigenvalue weighted by Gasteiger charge is -2.37. The van der Waals surface area contributed by atoms with E-state index in [2.05, 4.69) is 4.90 Å². The number of carbonyl (C=O) groups excluding carboxylic acids is 1. The molecule has 0 aromatic heterocycles. The second-order valence-electron chi connectivity index (χ2n) is 7.24. The maximum atomic E-state index is 12.6. The average Bonchev–Trinajstić information content (AvgIpc) is 2.61. The highest BCUT2D eigenvalue weighted by Crippen LogP contribution is 2.19. The Kier molecular flexibility index (Phi) is 5.73. The normalized spacial score (nSPS) is 24.5. The lowest BCUT2D eigenvalue weighted by atomic mass is 10.2. The second-order valence-corrected chi connectivity index (χ2v) is 7.24. The zero-order chi connectivity index (χ0) is 18.7. The first-order valence-electron chi connectivity index (χ1n) is 9.18. The Morgan fingerprint density at radius 2 is 1.77 bits per heavy atom. The van der Waals surface area contributed by atoms with Gasteiger partial charge in [-0.2, -0.15) is 0 Å². The third-order valence-corrected chi connectivity index (χ3v) is 5.07. The molecule has 1 aromatic rings. The number of non-ortho nitro benzene ring substituents is 1. The minimum atomic E-state index is -0.384. The smallest absolute Gasteiger partial charge is 0.277 e. The maximum Gasteiger partial charge on any atom is 0.277 e. The van der Waals surface area contributed by atoms with Gasteiger partial charge in [0.05, 0.1) is 43.3 Å². The third kappa shape index (κ3) is 4.50. The third-order valence-electron chi connectivity index (χ3n) is 5.07. The molecule has 0 bridgehead atoms. The highest BCUT2D eigenvalue weighted by Gasteiger charge is 2.29. The van der Waals surface area contributed by atoms with Gasteiger partial charge in [0.25, 0.3) is 11.6 Å². The molecule has 1 amide bonds. The molecule has 8 nitrogen and oxygen atoms in total. The van der Waals surface area contributed by atoms with Crippen LogP contribution in [0, 0.1) is 10.1 Å². The van der Waals surface area contributed by atoms with Gasteiger partial charge in [0.1, 0.15) is 0 Å². The molecule has 2 aliphatic heterocycles. The van der Waals surface area contributed by atoms with Crippen molar-refractivity contribution in [2.75, 3.05) is 50.7 Å². The first-order chi connectivity index (χ1) is 12.4. The summed E-state index contributed by atoms with van der Waals surface area (Å²) < 4.78 is 5.69. The number of morpholine rings is 1. The molecule has 2 fully saturated rings. The number of hydrogen-bond acceptors (Lipinski definition) is 5. The minimum Gasteiger partial charge on any atom is -0.372 e. The van der Waals surface area contributed by atoms with E-state index in [4.69, 9.17) is 4.74 Å². The van der Waals surface area contributed by atoms with Crippen LogP contribution in [-0.2, 0) is 9.53 Å². The maximum absolute atomic E-state index is 12.6. The van der Waals surface area contributed by atoms with Gasteiger partial charge in [-0.25, -0.2) is 0 Å². The summed E-state index contributed by atoms with van der Waals surface area (Å²) >= 11 is 0. The number of rotatable bonds is 4. The molecule has 2 heterocycles. The lowest BCUT2D eigenvalue weighted by Crippen LogP contribution is -3.16. The fourth-order valence-electron chi connectivity index (χ4n) is 3.75. The highest BCUT2D eigenvalue weighted by atomic mass is 16.6. The van der Waals surface area contributed by atoms with E-state index in [-0.39, 0.29) is 28.7 Å². The Labute approximate surface area is 153 Å². The molecular formula is C18H27N4O4+. The predicted molar refractivity (Wildman–Crippen MR) is 97.5 cm³/mol. The first-order valence-corrected chi connectivity index (χ1v) is 9.18. The molecule has 142 valence electrons. The van der Waals surface area contributed by atoms with Crippen LogP contribution in [0.4, 0.5) is 11.4 Å². The van der Waals surface area contributed by atoms with Crippen molar-refractivity contribution in [1.29, 1.82) is 0 Å². The van der Waals surface area contributed by atoms with Gasteiger partial charge in [0.2, 0.25) is 0 Å². The number of carbonyl (C=O) groups is 1. The van der Waals surface area contributed by atoms with Crippen molar-refractivity contribution in [3.63, 3.8) is 0 Å². The van der Waals surface area contributed by atoms with E-state index >= 15 is 0 Å². The molecule has 0 saturated carbocycles. The zero-order valence-electron chi connectivity index (χ0n) is 15.4. The van der Waals surface area contributed by atoms with Gasteiger partial charge in [-0.1, -0.05) is 0 Å². The van der Waals surface area contributed by atoms with Gasteiger partial charge in [-0.15, -0.1) is 0 Å². The number of nitrogens with one attached hydrogen (secondary N) is 1. The van der Waals surface area contributed by atoms with E-state index < -0.39 is 0 Å². The molecule has 1 N–H and O–H groups in total. The van der Waals surface area contributed by atoms with E-state index in [1.54, 1.807) is 24.3 Å². The molecule has 2 aliphatic rings. The molecule has 0 aliphatic carbocycles. The Morgan fingerprint density at radius 1 is 1.19 bits per heavy atom. The van der Waals surface area contributed by atoms with E-state index in [9.17, 15) is 14.9 Å². The molecule has 2 saturated heterocycles. The van der Waals surface area contributed by atoms with Crippen molar-refractivity contribution in [2.24, 2.45) is 0 Å². The van der Waals surface area contributed by atoms with Crippen LogP contribution >= 0.6 is 0 Å². The Morgan fingerprint density at radius 3 is 2.31 bits per heavy atom. The van der Waals surface area contributed by atoms with Crippen LogP contribution in [0.15, 0.2) is 24.3 Å². The Bertz CT molecular complexity index is 633. The van der Waals surface area contributed by atoms with Gasteiger partial charge < -0.3 is 19.4 Å². The van der Waals surface area contributed by atoms with E-state index in [0.29, 0.717) is 19.6 Å². The number of nitrogens with zero attached hydrogens (tertiary/aromatic N) is 3. The van der Waals surface area contributed by atoms with E-state index in [1.807, 2.05) is 18.7 Å². The van der Waals surface area contributed by atoms with Crippen molar-refractivity contribution in [3.8, 4) is 0 Å². The summed E-state index contributed by atoms with van der Waals surface area (Å²) in [4.78, 5) is 28.4. The number of nitro groups is 1. The molecule has 0 radical (unpaired) electrons. The number of quaternary nitrogens is 1. The van der Waals surface area contributed by atoms with Crippen LogP contribution in [0.1, 0.15) is 13.8 Å². The fourth-order valence-corrected chi connectivity index (χ4v) is 3.75. The van der Waals surface area contributed by atoms with E-state index in [0.717, 1.165) is 31.9 Å². The van der Waals surface area contributed by atoms with Crippen LogP contribution in [0.3, 0.4) is 0 Å². The predicted octanol–water partition coefficient (Wildman–Crippen LogP) is -0.0645. The van der Waals surface area contributed by atoms with Crippen LogP contribution in [0.2, 0.25) is 0 Å². The highest BCUT2D eigenvalue weighted by molar-refractivity contribution is 5.77. The molecule has 0 spiro atoms. The number of nitro benzene ring substituents is 1. The molecule has 1 aromatic carbocycles. The molecule has 2 atom stereocenters. The molecular weight excluding hydrogens is 336 g/mol. The van der Waals surface area contributed by atoms with Crippen molar-refractivity contribution in [1.82, 2.24) is 4.90 Å². The molecule has 0 unspecified atom stereocenters. The topological polar surface area (TPSA) is 80.4 Å². The zero-order valence-corrected chi connectivity index (χ0v) is 15.4. The van der Waals surface area contributed by atoms with Crippen LogP contribution in [-0.4, -0.2) is 73.8 Å². The monoisotopic (exact) mass is 363 g/mol. The quantitative estimate of drug-likeness (QED) is 0.599. The van der Waals surface area contributed by atoms with E-state index in [1.165, 1.54) is 4.90 Å². The summed E-state index contributed by atoms with van der Waals surface area (Å²) in [6, 6.07) is 6.67. The standard InChI is InChI=1S/C18H26N4O4/c1-14-11-21(12-15(2)26-14)18(23)13-19-7-9-20(10-8-19)16-3-5-17(6-4-16)22(24)25/h3-6,14-15H,7-13H2,1-2H3/p+1/t14-,15-/m1/s1. The number of anilines is 1. The van der Waals surface area contributed by atoms with Gasteiger partial charge >= 0.3 is 0 Å². The number of hydrogen-bond donors (Lipinski definition) is 1. The van der Waals surface area contributed by atoms with Crippen LogP contribution in [0.5, 0.6) is 0 Å². The van der Waals surface area contributed by atoms with Crippen LogP contribution in [0.25, 0.3) is 0 Å². The molecule has 3 rings (SSSR count). The summed E-state index contributed by atoms with van der Waals surface area (Å²) in [7, 11) is 0. The Balaban J connectivity index is 1.49. The van der Waals surface area contributed by atoms with Crippen molar-refractivity contribution in [3.05, 3.63) is 34.4 Å². The summed E-state index contributed by atoms with van der Waals surface area (Å²) in [5.74, 6) is 0.200. The number of amides is 1. The number of piperazine rings is 1. The van der Waals surface area contributed by atoms with Gasteiger partial charge in [0, 0.05) is 30.9 Å². The summed E-state index contributed by atoms with van der Waals surface area (Å²) in [5, 5.41) is 10.8. The number of benzene rings is 1. The van der Waals surface area contributed by atoms with Gasteiger partial charge in [0.15, 0.2) is 6.54 Å². The minimum absolute atomic E-state index is 0.0942. The molecule has 26 heavy (non-hydrogen) atoms. The van der Waals surface area contributed by atoms with Gasteiger partial charge in [-0.05, 0) is 26.0 Å². The fraction of sp³-hybridized carbons (Fsp3) is 0.611. The second kappa shape index (κ2) is 8.01. The Hall–Kier alpha value is -2.19. The summed E-state index contributed by atoms with van der Waals surface area (Å²) in [5.41, 5.74) is 1.11. The first kappa shape index (κ1) is 18.6. The SMILES string of the molecule is C[C@@H]1CN(C(=O)C[NH+]2CCN(c3ccc([N+](=O)[O-])cc3)CC2)C[C@@H](C)O1. The average molecular weight is 363 g/mol. The van der Waals surface area contributed by atoms with Crippen LogP contribution < -0.4 is 9.80 Å². The lowest BCUT2D eigenvalue weighted by molar-refractivity contribution is -0.892. The van der Waals surface area contributed by atoms with Crippen molar-refractivity contribution >= 4 is 17.3 Å². The van der Waals surface area contributed by atoms with Gasteiger partial charge in [-0.3, -0.25) is 14.9 Å². The van der Waals surface area contributed by atoms with Crippen molar-refractivity contribution in [2.45, 2.75) is 26.1 Å². The van der Waals surface area contributed by atoms with Crippen molar-refractivity contribution < 1.29 is 19.4 Å². The number of ether oxygens (including phenoxy) is 1. The summed E-state index contributed by atoms with van der Waals surface area (Å²) in [6.45, 7) is 9.34. The molecule has 8 heteroatoms. The largest absolute Gasteiger partial charge is 0.372 e. The summed E-state index contributed by atoms with van der Waals surface area (Å²) in [6.07, 6.45) is 0.188.